The van der Waals surface area contributed by atoms with Gasteiger partial charge in [-0.05, 0) is 35.9 Å². The van der Waals surface area contributed by atoms with Gasteiger partial charge >= 0.3 is 0 Å². The number of rotatable bonds is 5. The third kappa shape index (κ3) is 4.50. The third-order valence-electron chi connectivity index (χ3n) is 6.42. The molecule has 0 spiro atoms. The molecule has 9 heteroatoms. The lowest BCUT2D eigenvalue weighted by Gasteiger charge is -2.13. The quantitative estimate of drug-likeness (QED) is 0.313. The van der Waals surface area contributed by atoms with Crippen LogP contribution in [0.4, 0.5) is 11.4 Å². The number of anilines is 2. The first-order valence-electron chi connectivity index (χ1n) is 12.5. The van der Waals surface area contributed by atoms with E-state index in [1.807, 2.05) is 56.4 Å². The Labute approximate surface area is 219 Å². The molecule has 38 heavy (non-hydrogen) atoms. The Hall–Kier alpha value is -4.92. The standard InChI is InChI=1S/C29H26N8O/c1-17(2)29(38)35-21-12-20(15-31-16-21)18-5-6-24-23(13-18)25(33-11-10-32-24)28-36-26-22(7-9-34-27(26)37-28)19-4-3-8-30-14-19/h3-9,12-17,32H,10-11H2,1-2H3,(H,35,38)(H,34,36,37). The van der Waals surface area contributed by atoms with E-state index in [-0.39, 0.29) is 11.8 Å². The highest BCUT2D eigenvalue weighted by atomic mass is 16.1. The van der Waals surface area contributed by atoms with Gasteiger partial charge in [-0.25, -0.2) is 9.97 Å². The number of imidazole rings is 1. The molecule has 5 heterocycles. The van der Waals surface area contributed by atoms with Crippen LogP contribution < -0.4 is 10.6 Å². The van der Waals surface area contributed by atoms with Crippen LogP contribution in [-0.4, -0.2) is 49.6 Å². The van der Waals surface area contributed by atoms with E-state index in [9.17, 15) is 4.79 Å². The number of hydrogen-bond donors (Lipinski definition) is 3. The Bertz CT molecular complexity index is 1670. The van der Waals surface area contributed by atoms with E-state index in [4.69, 9.17) is 9.98 Å². The smallest absolute Gasteiger partial charge is 0.226 e. The molecule has 0 atom stereocenters. The Balaban J connectivity index is 1.41. The van der Waals surface area contributed by atoms with E-state index in [1.165, 1.54) is 0 Å². The molecule has 9 nitrogen and oxygen atoms in total. The normalized spacial score (nSPS) is 13.0. The number of aromatic amines is 1. The van der Waals surface area contributed by atoms with Crippen molar-refractivity contribution in [2.75, 3.05) is 23.7 Å². The Kier molecular flexibility index (Phi) is 6.09. The zero-order chi connectivity index (χ0) is 26.1. The molecule has 0 aliphatic carbocycles. The minimum Gasteiger partial charge on any atom is -0.383 e. The van der Waals surface area contributed by atoms with Crippen LogP contribution >= 0.6 is 0 Å². The van der Waals surface area contributed by atoms with Gasteiger partial charge in [0.2, 0.25) is 5.91 Å². The first-order chi connectivity index (χ1) is 18.6. The molecule has 0 saturated carbocycles. The highest BCUT2D eigenvalue weighted by molar-refractivity contribution is 6.16. The lowest BCUT2D eigenvalue weighted by Crippen LogP contribution is -2.17. The van der Waals surface area contributed by atoms with Crippen LogP contribution in [0.25, 0.3) is 33.4 Å². The van der Waals surface area contributed by atoms with Crippen molar-refractivity contribution in [3.05, 3.63) is 84.8 Å². The molecule has 5 aromatic rings. The summed E-state index contributed by atoms with van der Waals surface area (Å²) >= 11 is 0. The van der Waals surface area contributed by atoms with Crippen molar-refractivity contribution in [3.8, 4) is 22.3 Å². The maximum Gasteiger partial charge on any atom is 0.226 e. The average Bonchev–Trinajstić information content (AvgIpc) is 3.26. The summed E-state index contributed by atoms with van der Waals surface area (Å²) in [6.45, 7) is 5.05. The molecule has 3 N–H and O–H groups in total. The van der Waals surface area contributed by atoms with Crippen molar-refractivity contribution in [2.24, 2.45) is 10.9 Å². The van der Waals surface area contributed by atoms with Crippen LogP contribution in [0.15, 0.2) is 78.4 Å². The van der Waals surface area contributed by atoms with Gasteiger partial charge < -0.3 is 15.6 Å². The van der Waals surface area contributed by atoms with Crippen molar-refractivity contribution < 1.29 is 4.79 Å². The Morgan fingerprint density at radius 3 is 2.68 bits per heavy atom. The van der Waals surface area contributed by atoms with Crippen LogP contribution in [0.5, 0.6) is 0 Å². The lowest BCUT2D eigenvalue weighted by atomic mass is 9.99. The number of pyridine rings is 3. The summed E-state index contributed by atoms with van der Waals surface area (Å²) in [7, 11) is 0. The first kappa shape index (κ1) is 23.5. The van der Waals surface area contributed by atoms with Crippen LogP contribution in [0, 0.1) is 5.92 Å². The number of nitrogens with zero attached hydrogens (tertiary/aromatic N) is 5. The van der Waals surface area contributed by atoms with E-state index in [2.05, 4.69) is 36.6 Å². The van der Waals surface area contributed by atoms with Crippen molar-refractivity contribution >= 4 is 34.2 Å². The summed E-state index contributed by atoms with van der Waals surface area (Å²) < 4.78 is 0. The number of nitrogens with one attached hydrogen (secondary N) is 3. The molecule has 1 aliphatic rings. The second-order valence-electron chi connectivity index (χ2n) is 9.41. The van der Waals surface area contributed by atoms with Gasteiger partial charge in [-0.15, -0.1) is 0 Å². The number of hydrogen-bond acceptors (Lipinski definition) is 7. The highest BCUT2D eigenvalue weighted by Gasteiger charge is 2.20. The number of aliphatic imine (C=N–C) groups is 1. The fourth-order valence-corrected chi connectivity index (χ4v) is 4.46. The van der Waals surface area contributed by atoms with Crippen LogP contribution in [-0.2, 0) is 4.79 Å². The van der Waals surface area contributed by atoms with E-state index in [0.717, 1.165) is 44.7 Å². The molecule has 1 aliphatic heterocycles. The molecule has 4 aromatic heterocycles. The van der Waals surface area contributed by atoms with Gasteiger partial charge in [-0.2, -0.15) is 0 Å². The number of carbonyl (C=O) groups is 1. The molecule has 1 amide bonds. The maximum absolute atomic E-state index is 12.2. The van der Waals surface area contributed by atoms with Gasteiger partial charge in [0.1, 0.15) is 5.71 Å². The van der Waals surface area contributed by atoms with E-state index in [1.54, 1.807) is 24.8 Å². The molecule has 1 aromatic carbocycles. The third-order valence-corrected chi connectivity index (χ3v) is 6.42. The summed E-state index contributed by atoms with van der Waals surface area (Å²) in [5, 5.41) is 6.40. The minimum absolute atomic E-state index is 0.0475. The highest BCUT2D eigenvalue weighted by Crippen LogP contribution is 2.31. The molecule has 0 radical (unpaired) electrons. The van der Waals surface area contributed by atoms with Crippen molar-refractivity contribution in [3.63, 3.8) is 0 Å². The average molecular weight is 503 g/mol. The van der Waals surface area contributed by atoms with Crippen LogP contribution in [0.3, 0.4) is 0 Å². The predicted molar refractivity (Wildman–Crippen MR) is 149 cm³/mol. The zero-order valence-corrected chi connectivity index (χ0v) is 21.1. The largest absolute Gasteiger partial charge is 0.383 e. The van der Waals surface area contributed by atoms with Crippen molar-refractivity contribution in [1.29, 1.82) is 0 Å². The summed E-state index contributed by atoms with van der Waals surface area (Å²) in [6, 6.07) is 14.0. The zero-order valence-electron chi connectivity index (χ0n) is 21.1. The number of amides is 1. The summed E-state index contributed by atoms with van der Waals surface area (Å²) in [5.41, 5.74) is 8.61. The van der Waals surface area contributed by atoms with Gasteiger partial charge in [0, 0.05) is 65.2 Å². The number of benzodiazepines with no additional fused rings is 1. The topological polar surface area (TPSA) is 121 Å². The molecular weight excluding hydrogens is 476 g/mol. The van der Waals surface area contributed by atoms with Gasteiger partial charge in [-0.3, -0.25) is 19.8 Å². The van der Waals surface area contributed by atoms with Crippen LogP contribution in [0.1, 0.15) is 25.2 Å². The fourth-order valence-electron chi connectivity index (χ4n) is 4.46. The first-order valence-corrected chi connectivity index (χ1v) is 12.5. The van der Waals surface area contributed by atoms with Crippen LogP contribution in [0.2, 0.25) is 0 Å². The summed E-state index contributed by atoms with van der Waals surface area (Å²) in [4.78, 5) is 38.5. The number of benzene rings is 1. The molecule has 0 saturated heterocycles. The van der Waals surface area contributed by atoms with E-state index in [0.29, 0.717) is 30.2 Å². The molecule has 188 valence electrons. The van der Waals surface area contributed by atoms with E-state index < -0.39 is 0 Å². The lowest BCUT2D eigenvalue weighted by molar-refractivity contribution is -0.118. The molecule has 6 rings (SSSR count). The van der Waals surface area contributed by atoms with Crippen molar-refractivity contribution in [2.45, 2.75) is 13.8 Å². The fraction of sp³-hybridized carbons (Fsp3) is 0.172. The van der Waals surface area contributed by atoms with Gasteiger partial charge in [0.05, 0.1) is 23.9 Å². The molecule has 0 unspecified atom stereocenters. The van der Waals surface area contributed by atoms with E-state index >= 15 is 0 Å². The Morgan fingerprint density at radius 1 is 0.947 bits per heavy atom. The SMILES string of the molecule is CC(C)C(=O)Nc1cncc(-c2ccc3c(c2)C(c2nc4nccc(-c5cccnc5)c4[nH]2)=NCCN3)c1. The molecule has 0 bridgehead atoms. The van der Waals surface area contributed by atoms with Gasteiger partial charge in [0.15, 0.2) is 11.5 Å². The second kappa shape index (κ2) is 9.85. The number of H-pyrrole nitrogens is 1. The number of aromatic nitrogens is 5. The predicted octanol–water partition coefficient (Wildman–Crippen LogP) is 4.94. The number of fused-ring (bicyclic) bond motifs is 2. The summed E-state index contributed by atoms with van der Waals surface area (Å²) in [6.07, 6.45) is 8.79. The van der Waals surface area contributed by atoms with Gasteiger partial charge in [0.25, 0.3) is 0 Å². The second-order valence-corrected chi connectivity index (χ2v) is 9.41. The minimum atomic E-state index is -0.118. The van der Waals surface area contributed by atoms with Gasteiger partial charge in [-0.1, -0.05) is 26.0 Å². The van der Waals surface area contributed by atoms with Crippen molar-refractivity contribution in [1.82, 2.24) is 24.9 Å². The monoisotopic (exact) mass is 502 g/mol. The molecule has 0 fully saturated rings. The Morgan fingerprint density at radius 2 is 1.84 bits per heavy atom. The number of carbonyl (C=O) groups excluding carboxylic acids is 1. The molecular formula is C29H26N8O. The maximum atomic E-state index is 12.2. The summed E-state index contributed by atoms with van der Waals surface area (Å²) in [5.74, 6) is 0.489.